The molecule has 0 spiro atoms. The normalized spacial score (nSPS) is 21.9. The van der Waals surface area contributed by atoms with Crippen molar-refractivity contribution in [3.05, 3.63) is 29.8 Å². The van der Waals surface area contributed by atoms with Crippen LogP contribution in [0.5, 0.6) is 0 Å². The van der Waals surface area contributed by atoms with Gasteiger partial charge in [0.2, 0.25) is 0 Å². The highest BCUT2D eigenvalue weighted by Gasteiger charge is 2.42. The van der Waals surface area contributed by atoms with Crippen LogP contribution >= 0.6 is 0 Å². The third-order valence-corrected chi connectivity index (χ3v) is 3.91. The van der Waals surface area contributed by atoms with Gasteiger partial charge in [-0.3, -0.25) is 0 Å². The molecule has 1 fully saturated rings. The van der Waals surface area contributed by atoms with Crippen LogP contribution in [0, 0.1) is 5.92 Å². The van der Waals surface area contributed by atoms with Crippen LogP contribution in [0.25, 0.3) is 0 Å². The summed E-state index contributed by atoms with van der Waals surface area (Å²) in [5.74, 6) is -1.27. The molecule has 1 aromatic rings. The molecule has 2 nitrogen and oxygen atoms in total. The van der Waals surface area contributed by atoms with Crippen LogP contribution < -0.4 is 4.90 Å². The van der Waals surface area contributed by atoms with Crippen molar-refractivity contribution < 1.29 is 18.3 Å². The van der Waals surface area contributed by atoms with Gasteiger partial charge in [-0.1, -0.05) is 25.1 Å². The summed E-state index contributed by atoms with van der Waals surface area (Å²) in [5.41, 5.74) is 1.45. The number of aliphatic hydroxyl groups is 1. The minimum atomic E-state index is -4.14. The van der Waals surface area contributed by atoms with Crippen LogP contribution in [-0.2, 0) is 0 Å². The quantitative estimate of drug-likeness (QED) is 0.911. The fraction of sp³-hybridized carbons (Fsp3) is 0.600. The van der Waals surface area contributed by atoms with Crippen LogP contribution in [-0.4, -0.2) is 24.4 Å². The fourth-order valence-electron chi connectivity index (χ4n) is 2.74. The maximum Gasteiger partial charge on any atom is 0.393 e. The summed E-state index contributed by atoms with van der Waals surface area (Å²) in [6.45, 7) is 2.45. The highest BCUT2D eigenvalue weighted by atomic mass is 19.4. The second-order valence-electron chi connectivity index (χ2n) is 5.31. The van der Waals surface area contributed by atoms with Crippen molar-refractivity contribution in [1.29, 1.82) is 0 Å². The monoisotopic (exact) mass is 287 g/mol. The number of alkyl halides is 3. The zero-order chi connectivity index (χ0) is 14.8. The van der Waals surface area contributed by atoms with Crippen molar-refractivity contribution in [2.75, 3.05) is 18.0 Å². The minimum Gasteiger partial charge on any atom is -0.388 e. The summed E-state index contributed by atoms with van der Waals surface area (Å²) in [7, 11) is 0. The van der Waals surface area contributed by atoms with Gasteiger partial charge in [0.15, 0.2) is 0 Å². The Morgan fingerprint density at radius 2 is 2.05 bits per heavy atom. The fourth-order valence-corrected chi connectivity index (χ4v) is 2.74. The van der Waals surface area contributed by atoms with Crippen molar-refractivity contribution in [2.24, 2.45) is 5.92 Å². The van der Waals surface area contributed by atoms with E-state index in [1.54, 1.807) is 23.1 Å². The lowest BCUT2D eigenvalue weighted by atomic mass is 9.95. The molecule has 0 aliphatic carbocycles. The summed E-state index contributed by atoms with van der Waals surface area (Å²) in [6.07, 6.45) is -3.50. The van der Waals surface area contributed by atoms with E-state index in [2.05, 4.69) is 0 Å². The average molecular weight is 287 g/mol. The van der Waals surface area contributed by atoms with Gasteiger partial charge in [-0.05, 0) is 25.3 Å². The number of aliphatic hydroxyl groups excluding tert-OH is 1. The lowest BCUT2D eigenvalue weighted by Crippen LogP contribution is -2.42. The molecule has 0 amide bonds. The smallest absolute Gasteiger partial charge is 0.388 e. The molecular weight excluding hydrogens is 267 g/mol. The number of piperidine rings is 1. The van der Waals surface area contributed by atoms with Crippen molar-refractivity contribution in [3.63, 3.8) is 0 Å². The van der Waals surface area contributed by atoms with Gasteiger partial charge in [-0.2, -0.15) is 13.2 Å². The van der Waals surface area contributed by atoms with Crippen molar-refractivity contribution in [1.82, 2.24) is 0 Å². The van der Waals surface area contributed by atoms with E-state index in [1.807, 2.05) is 13.0 Å². The SMILES string of the molecule is CC[C@@H](O)c1ccccc1N1CCCC(C(F)(F)F)C1. The van der Waals surface area contributed by atoms with Crippen LogP contribution in [0.2, 0.25) is 0 Å². The molecule has 0 aromatic heterocycles. The second kappa shape index (κ2) is 6.04. The Hall–Kier alpha value is -1.23. The number of nitrogens with zero attached hydrogens (tertiary/aromatic N) is 1. The lowest BCUT2D eigenvalue weighted by Gasteiger charge is -2.36. The molecule has 0 saturated carbocycles. The number of anilines is 1. The molecule has 1 unspecified atom stereocenters. The van der Waals surface area contributed by atoms with Crippen LogP contribution in [0.15, 0.2) is 24.3 Å². The van der Waals surface area contributed by atoms with E-state index in [-0.39, 0.29) is 13.0 Å². The first-order valence-electron chi connectivity index (χ1n) is 7.02. The Morgan fingerprint density at radius 3 is 2.70 bits per heavy atom. The van der Waals surface area contributed by atoms with E-state index < -0.39 is 18.2 Å². The highest BCUT2D eigenvalue weighted by Crippen LogP contribution is 2.37. The van der Waals surface area contributed by atoms with E-state index in [4.69, 9.17) is 0 Å². The number of halogens is 3. The third kappa shape index (κ3) is 3.26. The zero-order valence-corrected chi connectivity index (χ0v) is 11.5. The summed E-state index contributed by atoms with van der Waals surface area (Å²) in [5, 5.41) is 10.0. The van der Waals surface area contributed by atoms with E-state index in [0.717, 1.165) is 11.3 Å². The number of benzene rings is 1. The average Bonchev–Trinajstić information content (AvgIpc) is 2.45. The molecule has 0 radical (unpaired) electrons. The molecule has 1 aromatic carbocycles. The van der Waals surface area contributed by atoms with E-state index >= 15 is 0 Å². The van der Waals surface area contributed by atoms with Gasteiger partial charge in [0, 0.05) is 24.3 Å². The topological polar surface area (TPSA) is 23.5 Å². The largest absolute Gasteiger partial charge is 0.393 e. The summed E-state index contributed by atoms with van der Waals surface area (Å²) in [4.78, 5) is 1.76. The van der Waals surface area contributed by atoms with Gasteiger partial charge in [0.1, 0.15) is 0 Å². The number of para-hydroxylation sites is 1. The molecular formula is C15H20F3NO. The molecule has 1 saturated heterocycles. The first-order chi connectivity index (χ1) is 9.43. The standard InChI is InChI=1S/C15H20F3NO/c1-2-14(20)12-7-3-4-8-13(12)19-9-5-6-11(10-19)15(16,17)18/h3-4,7-8,11,14,20H,2,5-6,9-10H2,1H3/t11?,14-/m1/s1. The Kier molecular flexibility index (Phi) is 4.58. The molecule has 20 heavy (non-hydrogen) atoms. The Balaban J connectivity index is 2.23. The maximum absolute atomic E-state index is 12.9. The van der Waals surface area contributed by atoms with Gasteiger partial charge in [0.05, 0.1) is 12.0 Å². The Labute approximate surface area is 117 Å². The molecule has 5 heteroatoms. The van der Waals surface area contributed by atoms with Gasteiger partial charge in [0.25, 0.3) is 0 Å². The predicted molar refractivity (Wildman–Crippen MR) is 72.7 cm³/mol. The van der Waals surface area contributed by atoms with Crippen LogP contribution in [0.1, 0.15) is 37.9 Å². The Morgan fingerprint density at radius 1 is 1.35 bits per heavy atom. The van der Waals surface area contributed by atoms with Crippen LogP contribution in [0.4, 0.5) is 18.9 Å². The van der Waals surface area contributed by atoms with Gasteiger partial charge in [-0.25, -0.2) is 0 Å². The van der Waals surface area contributed by atoms with Gasteiger partial charge < -0.3 is 10.0 Å². The first kappa shape index (κ1) is 15.2. The third-order valence-electron chi connectivity index (χ3n) is 3.91. The molecule has 1 aliphatic rings. The van der Waals surface area contributed by atoms with Crippen molar-refractivity contribution >= 4 is 5.69 Å². The predicted octanol–water partition coefficient (Wildman–Crippen LogP) is 3.91. The zero-order valence-electron chi connectivity index (χ0n) is 11.5. The van der Waals surface area contributed by atoms with Crippen molar-refractivity contribution in [2.45, 2.75) is 38.5 Å². The van der Waals surface area contributed by atoms with E-state index in [1.165, 1.54) is 0 Å². The van der Waals surface area contributed by atoms with E-state index in [9.17, 15) is 18.3 Å². The molecule has 112 valence electrons. The molecule has 1 heterocycles. The first-order valence-corrected chi connectivity index (χ1v) is 7.02. The number of hydrogen-bond donors (Lipinski definition) is 1. The molecule has 1 aliphatic heterocycles. The van der Waals surface area contributed by atoms with Crippen LogP contribution in [0.3, 0.4) is 0 Å². The molecule has 2 atom stereocenters. The van der Waals surface area contributed by atoms with Gasteiger partial charge >= 0.3 is 6.18 Å². The summed E-state index contributed by atoms with van der Waals surface area (Å²) in [6, 6.07) is 7.20. The van der Waals surface area contributed by atoms with Crippen molar-refractivity contribution in [3.8, 4) is 0 Å². The highest BCUT2D eigenvalue weighted by molar-refractivity contribution is 5.55. The minimum absolute atomic E-state index is 0.0169. The summed E-state index contributed by atoms with van der Waals surface area (Å²) >= 11 is 0. The van der Waals surface area contributed by atoms with E-state index in [0.29, 0.717) is 19.4 Å². The molecule has 0 bridgehead atoms. The maximum atomic E-state index is 12.9. The lowest BCUT2D eigenvalue weighted by molar-refractivity contribution is -0.176. The molecule has 1 N–H and O–H groups in total. The molecule has 2 rings (SSSR count). The second-order valence-corrected chi connectivity index (χ2v) is 5.31. The summed E-state index contributed by atoms with van der Waals surface area (Å²) < 4.78 is 38.6. The number of rotatable bonds is 3. The number of hydrogen-bond acceptors (Lipinski definition) is 2. The Bertz CT molecular complexity index is 447. The van der Waals surface area contributed by atoms with Gasteiger partial charge in [-0.15, -0.1) is 0 Å².